The molecular formula is C6H14N2O3. The number of aliphatic hydroxyl groups excluding tert-OH is 2. The summed E-state index contributed by atoms with van der Waals surface area (Å²) in [6, 6.07) is -0.710. The maximum absolute atomic E-state index is 9.23. The molecule has 4 atom stereocenters. The summed E-state index contributed by atoms with van der Waals surface area (Å²) in [5.41, 5.74) is 10.7. The third-order valence-corrected chi connectivity index (χ3v) is 1.87. The van der Waals surface area contributed by atoms with Crippen LogP contribution in [0.4, 0.5) is 0 Å². The lowest BCUT2D eigenvalue weighted by Gasteiger charge is -2.34. The van der Waals surface area contributed by atoms with Gasteiger partial charge in [-0.25, -0.2) is 0 Å². The molecule has 5 heteroatoms. The normalized spacial score (nSPS) is 45.8. The van der Waals surface area contributed by atoms with Gasteiger partial charge in [0, 0.05) is 13.0 Å². The maximum atomic E-state index is 9.23. The van der Waals surface area contributed by atoms with Crippen LogP contribution in [0.15, 0.2) is 0 Å². The summed E-state index contributed by atoms with van der Waals surface area (Å²) in [6.45, 7) is 0.292. The van der Waals surface area contributed by atoms with Gasteiger partial charge in [-0.1, -0.05) is 0 Å². The van der Waals surface area contributed by atoms with Crippen LogP contribution >= 0.6 is 0 Å². The molecule has 5 nitrogen and oxygen atoms in total. The van der Waals surface area contributed by atoms with E-state index in [1.807, 2.05) is 0 Å². The Morgan fingerprint density at radius 2 is 2.09 bits per heavy atom. The molecule has 4 unspecified atom stereocenters. The largest absolute Gasteiger partial charge is 0.391 e. The van der Waals surface area contributed by atoms with E-state index >= 15 is 0 Å². The summed E-state index contributed by atoms with van der Waals surface area (Å²) in [4.78, 5) is 0. The van der Waals surface area contributed by atoms with Crippen molar-refractivity contribution >= 4 is 0 Å². The van der Waals surface area contributed by atoms with Crippen LogP contribution < -0.4 is 11.5 Å². The molecule has 1 heterocycles. The van der Waals surface area contributed by atoms with Crippen LogP contribution in [0.3, 0.4) is 0 Å². The number of ether oxygens (including phenoxy) is 1. The van der Waals surface area contributed by atoms with Gasteiger partial charge in [-0.15, -0.1) is 0 Å². The van der Waals surface area contributed by atoms with Gasteiger partial charge in [0.15, 0.2) is 6.29 Å². The van der Waals surface area contributed by atoms with Crippen LogP contribution in [-0.2, 0) is 4.74 Å². The second-order valence-corrected chi connectivity index (χ2v) is 2.76. The molecule has 0 aliphatic carbocycles. The Balaban J connectivity index is 2.47. The van der Waals surface area contributed by atoms with Gasteiger partial charge in [0.2, 0.25) is 0 Å². The molecule has 1 fully saturated rings. The molecule has 0 aromatic heterocycles. The predicted octanol–water partition coefficient (Wildman–Crippen LogP) is -2.26. The van der Waals surface area contributed by atoms with E-state index in [1.54, 1.807) is 0 Å². The fourth-order valence-electron chi connectivity index (χ4n) is 1.11. The van der Waals surface area contributed by atoms with Crippen molar-refractivity contribution in [3.63, 3.8) is 0 Å². The highest BCUT2D eigenvalue weighted by Crippen LogP contribution is 2.16. The first-order valence-corrected chi connectivity index (χ1v) is 3.62. The van der Waals surface area contributed by atoms with Gasteiger partial charge < -0.3 is 26.4 Å². The first-order valence-electron chi connectivity index (χ1n) is 3.62. The summed E-state index contributed by atoms with van der Waals surface area (Å²) in [5.74, 6) is 0. The molecule has 0 aromatic rings. The Morgan fingerprint density at radius 3 is 2.55 bits per heavy atom. The number of aliphatic hydroxyl groups is 2. The highest BCUT2D eigenvalue weighted by molar-refractivity contribution is 4.83. The first-order chi connectivity index (χ1) is 5.15. The van der Waals surface area contributed by atoms with E-state index in [4.69, 9.17) is 21.3 Å². The lowest BCUT2D eigenvalue weighted by molar-refractivity contribution is -0.197. The summed E-state index contributed by atoms with van der Waals surface area (Å²) < 4.78 is 4.96. The van der Waals surface area contributed by atoms with E-state index in [0.29, 0.717) is 13.0 Å². The van der Waals surface area contributed by atoms with E-state index < -0.39 is 18.4 Å². The van der Waals surface area contributed by atoms with Crippen molar-refractivity contribution in [1.29, 1.82) is 0 Å². The van der Waals surface area contributed by atoms with Gasteiger partial charge in [0.1, 0.15) is 0 Å². The number of hydrogen-bond donors (Lipinski definition) is 4. The molecule has 11 heavy (non-hydrogen) atoms. The van der Waals surface area contributed by atoms with Crippen LogP contribution in [0.5, 0.6) is 0 Å². The first kappa shape index (κ1) is 8.89. The van der Waals surface area contributed by atoms with Crippen molar-refractivity contribution in [2.45, 2.75) is 31.0 Å². The quantitative estimate of drug-likeness (QED) is 0.348. The van der Waals surface area contributed by atoms with E-state index in [0.717, 1.165) is 0 Å². The SMILES string of the molecule is NCC1CC(O)C(N)C(O)O1. The lowest BCUT2D eigenvalue weighted by Crippen LogP contribution is -2.54. The van der Waals surface area contributed by atoms with Gasteiger partial charge >= 0.3 is 0 Å². The highest BCUT2D eigenvalue weighted by atomic mass is 16.6. The highest BCUT2D eigenvalue weighted by Gasteiger charge is 2.33. The van der Waals surface area contributed by atoms with Crippen molar-refractivity contribution in [2.75, 3.05) is 6.54 Å². The molecule has 1 rings (SSSR count). The Hall–Kier alpha value is -0.200. The minimum absolute atomic E-state index is 0.278. The molecule has 0 bridgehead atoms. The molecule has 0 aromatic carbocycles. The van der Waals surface area contributed by atoms with Crippen molar-refractivity contribution < 1.29 is 14.9 Å². The number of rotatable bonds is 1. The van der Waals surface area contributed by atoms with E-state index in [-0.39, 0.29) is 6.10 Å². The lowest BCUT2D eigenvalue weighted by atomic mass is 10.0. The van der Waals surface area contributed by atoms with Crippen molar-refractivity contribution in [1.82, 2.24) is 0 Å². The smallest absolute Gasteiger partial charge is 0.172 e. The van der Waals surface area contributed by atoms with Crippen LogP contribution in [-0.4, -0.2) is 41.3 Å². The third kappa shape index (κ3) is 1.88. The summed E-state index contributed by atoms with van der Waals surface area (Å²) in [6.07, 6.45) is -1.69. The van der Waals surface area contributed by atoms with Gasteiger partial charge in [-0.05, 0) is 0 Å². The third-order valence-electron chi connectivity index (χ3n) is 1.87. The molecule has 0 saturated carbocycles. The zero-order chi connectivity index (χ0) is 8.43. The average molecular weight is 162 g/mol. The Bertz CT molecular complexity index is 121. The van der Waals surface area contributed by atoms with Crippen LogP contribution in [0.1, 0.15) is 6.42 Å². The molecule has 66 valence electrons. The van der Waals surface area contributed by atoms with Gasteiger partial charge in [-0.2, -0.15) is 0 Å². The molecule has 6 N–H and O–H groups in total. The van der Waals surface area contributed by atoms with Crippen LogP contribution in [0.2, 0.25) is 0 Å². The fourth-order valence-corrected chi connectivity index (χ4v) is 1.11. The second-order valence-electron chi connectivity index (χ2n) is 2.76. The van der Waals surface area contributed by atoms with Crippen LogP contribution in [0, 0.1) is 0 Å². The standard InChI is InChI=1S/C6H14N2O3/c7-2-3-1-4(9)5(8)6(10)11-3/h3-6,9-10H,1-2,7-8H2. The molecule has 0 radical (unpaired) electrons. The monoisotopic (exact) mass is 162 g/mol. The van der Waals surface area contributed by atoms with E-state index in [2.05, 4.69) is 0 Å². The number of nitrogens with two attached hydrogens (primary N) is 2. The summed E-state index contributed by atoms with van der Waals surface area (Å²) >= 11 is 0. The molecular weight excluding hydrogens is 148 g/mol. The number of hydrogen-bond acceptors (Lipinski definition) is 5. The zero-order valence-electron chi connectivity index (χ0n) is 6.18. The minimum atomic E-state index is -1.09. The molecule has 1 aliphatic heterocycles. The van der Waals surface area contributed by atoms with Gasteiger partial charge in [-0.3, -0.25) is 0 Å². The molecule has 0 spiro atoms. The fraction of sp³-hybridized carbons (Fsp3) is 1.00. The van der Waals surface area contributed by atoms with Crippen LogP contribution in [0.25, 0.3) is 0 Å². The van der Waals surface area contributed by atoms with Crippen molar-refractivity contribution in [2.24, 2.45) is 11.5 Å². The predicted molar refractivity (Wildman–Crippen MR) is 38.5 cm³/mol. The van der Waals surface area contributed by atoms with Crippen molar-refractivity contribution in [3.05, 3.63) is 0 Å². The van der Waals surface area contributed by atoms with E-state index in [9.17, 15) is 5.11 Å². The second kappa shape index (κ2) is 3.46. The minimum Gasteiger partial charge on any atom is -0.391 e. The Kier molecular flexibility index (Phi) is 2.80. The average Bonchev–Trinajstić information content (AvgIpc) is 1.99. The molecule has 0 amide bonds. The summed E-state index contributed by atoms with van der Waals surface area (Å²) in [5, 5.41) is 18.3. The zero-order valence-corrected chi connectivity index (χ0v) is 6.18. The van der Waals surface area contributed by atoms with Gasteiger partial charge in [0.05, 0.1) is 18.2 Å². The maximum Gasteiger partial charge on any atom is 0.172 e. The Morgan fingerprint density at radius 1 is 1.45 bits per heavy atom. The Labute approximate surface area is 64.9 Å². The molecule has 1 aliphatic rings. The molecule has 1 saturated heterocycles. The van der Waals surface area contributed by atoms with Crippen molar-refractivity contribution in [3.8, 4) is 0 Å². The van der Waals surface area contributed by atoms with Gasteiger partial charge in [0.25, 0.3) is 0 Å². The summed E-state index contributed by atoms with van der Waals surface area (Å²) in [7, 11) is 0. The van der Waals surface area contributed by atoms with E-state index in [1.165, 1.54) is 0 Å². The topological polar surface area (TPSA) is 102 Å².